The molecule has 2 N–H and O–H groups in total. The summed E-state index contributed by atoms with van der Waals surface area (Å²) in [4.78, 5) is 13.3. The number of carboxylic acid groups (broad SMARTS) is 1. The third-order valence-corrected chi connectivity index (χ3v) is 5.26. The molecule has 2 rings (SSSR count). The van der Waals surface area contributed by atoms with Crippen LogP contribution in [0.3, 0.4) is 0 Å². The predicted octanol–water partition coefficient (Wildman–Crippen LogP) is 2.65. The summed E-state index contributed by atoms with van der Waals surface area (Å²) in [5, 5.41) is 19.7. The minimum absolute atomic E-state index is 0.251. The predicted molar refractivity (Wildman–Crippen MR) is 78.7 cm³/mol. The maximum atomic E-state index is 11.0. The first-order valence-electron chi connectivity index (χ1n) is 8.16. The van der Waals surface area contributed by atoms with E-state index in [1.54, 1.807) is 0 Å². The highest BCUT2D eigenvalue weighted by atomic mass is 16.4. The lowest BCUT2D eigenvalue weighted by atomic mass is 9.78. The number of rotatable bonds is 4. The van der Waals surface area contributed by atoms with Gasteiger partial charge in [0.05, 0.1) is 11.5 Å². The Morgan fingerprint density at radius 2 is 1.65 bits per heavy atom. The number of hydrogen-bond donors (Lipinski definition) is 2. The fourth-order valence-electron chi connectivity index (χ4n) is 3.85. The van der Waals surface area contributed by atoms with Crippen LogP contribution in [-0.4, -0.2) is 46.3 Å². The minimum Gasteiger partial charge on any atom is -0.481 e. The van der Waals surface area contributed by atoms with Gasteiger partial charge < -0.3 is 15.1 Å². The maximum absolute atomic E-state index is 11.0. The Morgan fingerprint density at radius 1 is 1.10 bits per heavy atom. The zero-order chi connectivity index (χ0) is 14.6. The second kappa shape index (κ2) is 6.90. The Bertz CT molecular complexity index is 316. The summed E-state index contributed by atoms with van der Waals surface area (Å²) in [7, 11) is 2.12. The first-order valence-corrected chi connectivity index (χ1v) is 8.16. The topological polar surface area (TPSA) is 60.8 Å². The van der Waals surface area contributed by atoms with Gasteiger partial charge in [-0.25, -0.2) is 0 Å². The molecule has 20 heavy (non-hydrogen) atoms. The number of carbonyl (C=O) groups is 1. The number of hydrogen-bond acceptors (Lipinski definition) is 3. The molecule has 0 spiro atoms. The Labute approximate surface area is 122 Å². The van der Waals surface area contributed by atoms with Crippen LogP contribution in [0.5, 0.6) is 0 Å². The Kier molecular flexibility index (Phi) is 5.44. The molecule has 0 radical (unpaired) electrons. The quantitative estimate of drug-likeness (QED) is 0.779. The highest BCUT2D eigenvalue weighted by molar-refractivity contribution is 5.70. The first-order chi connectivity index (χ1) is 9.50. The van der Waals surface area contributed by atoms with Crippen molar-refractivity contribution in [1.29, 1.82) is 0 Å². The van der Waals surface area contributed by atoms with Gasteiger partial charge in [-0.2, -0.15) is 0 Å². The van der Waals surface area contributed by atoms with Gasteiger partial charge in [0.25, 0.3) is 0 Å². The smallest absolute Gasteiger partial charge is 0.306 e. The monoisotopic (exact) mass is 283 g/mol. The van der Waals surface area contributed by atoms with E-state index < -0.39 is 11.6 Å². The van der Waals surface area contributed by atoms with Crippen molar-refractivity contribution in [3.8, 4) is 0 Å². The number of aliphatic hydroxyl groups is 1. The van der Waals surface area contributed by atoms with Crippen molar-refractivity contribution in [2.75, 3.05) is 13.6 Å². The molecular weight excluding hydrogens is 254 g/mol. The molecular formula is C16H29NO3. The summed E-state index contributed by atoms with van der Waals surface area (Å²) in [5.41, 5.74) is -0.674. The Hall–Kier alpha value is -0.610. The normalized spacial score (nSPS) is 33.0. The second-order valence-corrected chi connectivity index (χ2v) is 6.90. The van der Waals surface area contributed by atoms with Crippen LogP contribution >= 0.6 is 0 Å². The molecule has 2 aliphatic carbocycles. The number of carboxylic acids is 1. The van der Waals surface area contributed by atoms with Crippen LogP contribution in [-0.2, 0) is 4.79 Å². The third-order valence-electron chi connectivity index (χ3n) is 5.26. The van der Waals surface area contributed by atoms with E-state index in [2.05, 4.69) is 11.9 Å². The molecule has 2 aliphatic rings. The average molecular weight is 283 g/mol. The van der Waals surface area contributed by atoms with Gasteiger partial charge in [0, 0.05) is 12.6 Å². The van der Waals surface area contributed by atoms with Crippen LogP contribution in [0.1, 0.15) is 64.2 Å². The molecule has 0 aromatic heterocycles. The second-order valence-electron chi connectivity index (χ2n) is 6.90. The summed E-state index contributed by atoms with van der Waals surface area (Å²) in [6, 6.07) is 0.596. The highest BCUT2D eigenvalue weighted by Crippen LogP contribution is 2.34. The standard InChI is InChI=1S/C16H29NO3/c1-17(14-6-4-2-3-5-7-14)12-16(20)10-8-13(9-11-16)15(18)19/h13-14,20H,2-12H2,1H3,(H,18,19). The molecule has 0 heterocycles. The lowest BCUT2D eigenvalue weighted by Gasteiger charge is -2.40. The van der Waals surface area contributed by atoms with Crippen LogP contribution in [0.15, 0.2) is 0 Å². The van der Waals surface area contributed by atoms with Crippen molar-refractivity contribution in [2.24, 2.45) is 5.92 Å². The summed E-state index contributed by atoms with van der Waals surface area (Å²) in [5.74, 6) is -0.956. The number of likely N-dealkylation sites (N-methyl/N-ethyl adjacent to an activating group) is 1. The van der Waals surface area contributed by atoms with Crippen LogP contribution in [0.4, 0.5) is 0 Å². The molecule has 0 amide bonds. The van der Waals surface area contributed by atoms with Crippen LogP contribution in [0, 0.1) is 5.92 Å². The van der Waals surface area contributed by atoms with Gasteiger partial charge in [-0.05, 0) is 45.6 Å². The Balaban J connectivity index is 1.83. The fraction of sp³-hybridized carbons (Fsp3) is 0.938. The van der Waals surface area contributed by atoms with E-state index in [1.807, 2.05) is 0 Å². The van der Waals surface area contributed by atoms with Crippen molar-refractivity contribution in [1.82, 2.24) is 4.90 Å². The SMILES string of the molecule is CN(CC1(O)CCC(C(=O)O)CC1)C1CCCCCC1. The van der Waals surface area contributed by atoms with E-state index in [9.17, 15) is 9.90 Å². The van der Waals surface area contributed by atoms with E-state index in [-0.39, 0.29) is 5.92 Å². The number of nitrogens with zero attached hydrogens (tertiary/aromatic N) is 1. The van der Waals surface area contributed by atoms with Crippen molar-refractivity contribution in [3.05, 3.63) is 0 Å². The van der Waals surface area contributed by atoms with Gasteiger partial charge in [0.1, 0.15) is 0 Å². The van der Waals surface area contributed by atoms with Crippen LogP contribution in [0.25, 0.3) is 0 Å². The van der Waals surface area contributed by atoms with Crippen LogP contribution in [0.2, 0.25) is 0 Å². The lowest BCUT2D eigenvalue weighted by molar-refractivity contribution is -0.145. The summed E-state index contributed by atoms with van der Waals surface area (Å²) >= 11 is 0. The van der Waals surface area contributed by atoms with Gasteiger partial charge in [-0.15, -0.1) is 0 Å². The maximum Gasteiger partial charge on any atom is 0.306 e. The molecule has 4 heteroatoms. The molecule has 0 aromatic carbocycles. The van der Waals surface area contributed by atoms with Crippen molar-refractivity contribution < 1.29 is 15.0 Å². The molecule has 2 fully saturated rings. The molecule has 2 saturated carbocycles. The summed E-state index contributed by atoms with van der Waals surface area (Å²) < 4.78 is 0. The summed E-state index contributed by atoms with van der Waals surface area (Å²) in [6.07, 6.45) is 10.2. The molecule has 0 bridgehead atoms. The zero-order valence-electron chi connectivity index (χ0n) is 12.7. The highest BCUT2D eigenvalue weighted by Gasteiger charge is 2.37. The molecule has 0 atom stereocenters. The molecule has 0 saturated heterocycles. The summed E-state index contributed by atoms with van der Waals surface area (Å²) in [6.45, 7) is 0.698. The molecule has 0 unspecified atom stereocenters. The van der Waals surface area contributed by atoms with Crippen molar-refractivity contribution in [3.63, 3.8) is 0 Å². The molecule has 0 aromatic rings. The molecule has 4 nitrogen and oxygen atoms in total. The third kappa shape index (κ3) is 4.19. The van der Waals surface area contributed by atoms with E-state index >= 15 is 0 Å². The molecule has 116 valence electrons. The lowest BCUT2D eigenvalue weighted by Crippen LogP contribution is -2.48. The van der Waals surface area contributed by atoms with Crippen LogP contribution < -0.4 is 0 Å². The van der Waals surface area contributed by atoms with E-state index in [0.717, 1.165) is 0 Å². The Morgan fingerprint density at radius 3 is 2.15 bits per heavy atom. The minimum atomic E-state index is -0.704. The molecule has 0 aliphatic heterocycles. The van der Waals surface area contributed by atoms with Gasteiger partial charge in [-0.1, -0.05) is 25.7 Å². The van der Waals surface area contributed by atoms with E-state index in [0.29, 0.717) is 38.3 Å². The number of aliphatic carboxylic acids is 1. The first kappa shape index (κ1) is 15.8. The van der Waals surface area contributed by atoms with Gasteiger partial charge in [0.15, 0.2) is 0 Å². The largest absolute Gasteiger partial charge is 0.481 e. The van der Waals surface area contributed by atoms with Gasteiger partial charge in [-0.3, -0.25) is 4.79 Å². The van der Waals surface area contributed by atoms with Gasteiger partial charge in [0.2, 0.25) is 0 Å². The zero-order valence-corrected chi connectivity index (χ0v) is 12.7. The fourth-order valence-corrected chi connectivity index (χ4v) is 3.85. The van der Waals surface area contributed by atoms with E-state index in [1.165, 1.54) is 38.5 Å². The average Bonchev–Trinajstić information content (AvgIpc) is 2.67. The van der Waals surface area contributed by atoms with Crippen molar-refractivity contribution >= 4 is 5.97 Å². The van der Waals surface area contributed by atoms with Crippen molar-refractivity contribution in [2.45, 2.75) is 75.9 Å². The van der Waals surface area contributed by atoms with E-state index in [4.69, 9.17) is 5.11 Å². The van der Waals surface area contributed by atoms with Gasteiger partial charge >= 0.3 is 5.97 Å².